The van der Waals surface area contributed by atoms with Crippen molar-refractivity contribution in [2.75, 3.05) is 12.3 Å². The van der Waals surface area contributed by atoms with E-state index in [4.69, 9.17) is 5.73 Å². The molecule has 1 aromatic rings. The summed E-state index contributed by atoms with van der Waals surface area (Å²) in [5.41, 5.74) is 7.70. The first-order valence-corrected chi connectivity index (χ1v) is 6.87. The maximum atomic E-state index is 12.2. The minimum absolute atomic E-state index is 0.259. The summed E-state index contributed by atoms with van der Waals surface area (Å²) in [6.07, 6.45) is 4.92. The fourth-order valence-electron chi connectivity index (χ4n) is 2.60. The van der Waals surface area contributed by atoms with Crippen LogP contribution >= 0.6 is 0 Å². The van der Waals surface area contributed by atoms with Crippen molar-refractivity contribution in [3.8, 4) is 0 Å². The Kier molecular flexibility index (Phi) is 4.24. The van der Waals surface area contributed by atoms with Crippen molar-refractivity contribution in [2.24, 2.45) is 0 Å². The Bertz CT molecular complexity index is 399. The van der Waals surface area contributed by atoms with Crippen molar-refractivity contribution in [3.63, 3.8) is 0 Å². The third-order valence-electron chi connectivity index (χ3n) is 3.64. The fourth-order valence-corrected chi connectivity index (χ4v) is 2.60. The summed E-state index contributed by atoms with van der Waals surface area (Å²) in [6, 6.07) is 8.19. The van der Waals surface area contributed by atoms with Crippen LogP contribution in [0.5, 0.6) is 0 Å². The molecule has 1 unspecified atom stereocenters. The largest absolute Gasteiger partial charge is 0.399 e. The van der Waals surface area contributed by atoms with Crippen molar-refractivity contribution in [3.05, 3.63) is 29.8 Å². The van der Waals surface area contributed by atoms with Gasteiger partial charge >= 0.3 is 0 Å². The van der Waals surface area contributed by atoms with Gasteiger partial charge in [-0.1, -0.05) is 25.5 Å². The molecule has 1 fully saturated rings. The van der Waals surface area contributed by atoms with Crippen LogP contribution in [0.3, 0.4) is 0 Å². The van der Waals surface area contributed by atoms with Crippen LogP contribution in [-0.4, -0.2) is 17.4 Å². The quantitative estimate of drug-likeness (QED) is 0.830. The Morgan fingerprint density at radius 2 is 2.11 bits per heavy atom. The van der Waals surface area contributed by atoms with Crippen LogP contribution in [0, 0.1) is 0 Å². The number of benzene rings is 1. The molecule has 1 aliphatic heterocycles. The molecule has 0 aliphatic carbocycles. The lowest BCUT2D eigenvalue weighted by Gasteiger charge is -2.25. The summed E-state index contributed by atoms with van der Waals surface area (Å²) < 4.78 is 0. The Morgan fingerprint density at radius 3 is 2.78 bits per heavy atom. The molecule has 1 amide bonds. The molecule has 1 aromatic carbocycles. The number of unbranched alkanes of at least 4 members (excludes halogenated alkanes) is 1. The van der Waals surface area contributed by atoms with Gasteiger partial charge in [-0.3, -0.25) is 4.79 Å². The minimum atomic E-state index is 0.259. The number of rotatable bonds is 4. The molecule has 0 saturated carbocycles. The normalized spacial score (nSPS) is 19.2. The lowest BCUT2D eigenvalue weighted by molar-refractivity contribution is -0.132. The fraction of sp³-hybridized carbons (Fsp3) is 0.533. The number of likely N-dealkylation sites (tertiary alicyclic amines) is 1. The van der Waals surface area contributed by atoms with Crippen LogP contribution in [0.1, 0.15) is 50.6 Å². The topological polar surface area (TPSA) is 46.3 Å². The van der Waals surface area contributed by atoms with E-state index < -0.39 is 0 Å². The van der Waals surface area contributed by atoms with E-state index in [0.717, 1.165) is 37.9 Å². The van der Waals surface area contributed by atoms with Crippen LogP contribution in [-0.2, 0) is 4.79 Å². The van der Waals surface area contributed by atoms with E-state index in [0.29, 0.717) is 12.3 Å². The lowest BCUT2D eigenvalue weighted by Crippen LogP contribution is -2.30. The van der Waals surface area contributed by atoms with Crippen molar-refractivity contribution < 1.29 is 4.79 Å². The number of hydrogen-bond donors (Lipinski definition) is 1. The highest BCUT2D eigenvalue weighted by Gasteiger charge is 2.29. The van der Waals surface area contributed by atoms with Gasteiger partial charge in [-0.2, -0.15) is 0 Å². The number of nitrogens with two attached hydrogens (primary N) is 1. The van der Waals surface area contributed by atoms with Crippen LogP contribution < -0.4 is 5.73 Å². The van der Waals surface area contributed by atoms with E-state index in [1.807, 2.05) is 29.2 Å². The number of nitrogens with zero attached hydrogens (tertiary/aromatic N) is 1. The first-order chi connectivity index (χ1) is 8.72. The van der Waals surface area contributed by atoms with Crippen molar-refractivity contribution in [1.29, 1.82) is 0 Å². The highest BCUT2D eigenvalue weighted by atomic mass is 16.2. The van der Waals surface area contributed by atoms with Crippen molar-refractivity contribution in [2.45, 2.75) is 45.1 Å². The number of carbonyl (C=O) groups excluding carboxylic acids is 1. The van der Waals surface area contributed by atoms with E-state index >= 15 is 0 Å². The van der Waals surface area contributed by atoms with Crippen molar-refractivity contribution >= 4 is 11.6 Å². The van der Waals surface area contributed by atoms with Gasteiger partial charge in [-0.15, -0.1) is 0 Å². The number of hydrogen-bond acceptors (Lipinski definition) is 2. The molecule has 1 atom stereocenters. The number of anilines is 1. The monoisotopic (exact) mass is 246 g/mol. The van der Waals surface area contributed by atoms with Crippen LogP contribution in [0.4, 0.5) is 5.69 Å². The minimum Gasteiger partial charge on any atom is -0.399 e. The average molecular weight is 246 g/mol. The lowest BCUT2D eigenvalue weighted by atomic mass is 10.0. The summed E-state index contributed by atoms with van der Waals surface area (Å²) in [4.78, 5) is 14.2. The summed E-state index contributed by atoms with van der Waals surface area (Å²) in [5.74, 6) is 0.302. The standard InChI is InChI=1S/C15H22N2O/c1-2-3-6-15(18)17-11-4-5-14(17)12-7-9-13(16)10-8-12/h7-10,14H,2-6,11,16H2,1H3. The van der Waals surface area contributed by atoms with Crippen LogP contribution in [0.25, 0.3) is 0 Å². The second kappa shape index (κ2) is 5.89. The summed E-state index contributed by atoms with van der Waals surface area (Å²) in [7, 11) is 0. The van der Waals surface area contributed by atoms with Crippen molar-refractivity contribution in [1.82, 2.24) is 4.90 Å². The van der Waals surface area contributed by atoms with Crippen LogP contribution in [0.15, 0.2) is 24.3 Å². The van der Waals surface area contributed by atoms with E-state index in [1.165, 1.54) is 5.56 Å². The third-order valence-corrected chi connectivity index (χ3v) is 3.64. The smallest absolute Gasteiger partial charge is 0.223 e. The zero-order valence-corrected chi connectivity index (χ0v) is 11.1. The maximum absolute atomic E-state index is 12.2. The molecule has 0 bridgehead atoms. The second-order valence-corrected chi connectivity index (χ2v) is 5.02. The van der Waals surface area contributed by atoms with Gasteiger partial charge in [0.2, 0.25) is 5.91 Å². The predicted octanol–water partition coefficient (Wildman–Crippen LogP) is 3.12. The predicted molar refractivity (Wildman–Crippen MR) is 74.1 cm³/mol. The molecule has 98 valence electrons. The van der Waals surface area contributed by atoms with Gasteiger partial charge in [0, 0.05) is 18.7 Å². The molecular weight excluding hydrogens is 224 g/mol. The van der Waals surface area contributed by atoms with Crippen LogP contribution in [0.2, 0.25) is 0 Å². The summed E-state index contributed by atoms with van der Waals surface area (Å²) >= 11 is 0. The van der Waals surface area contributed by atoms with Gasteiger partial charge in [0.1, 0.15) is 0 Å². The second-order valence-electron chi connectivity index (χ2n) is 5.02. The summed E-state index contributed by atoms with van der Waals surface area (Å²) in [6.45, 7) is 3.02. The Hall–Kier alpha value is -1.51. The van der Waals surface area contributed by atoms with E-state index in [9.17, 15) is 4.79 Å². The summed E-state index contributed by atoms with van der Waals surface area (Å²) in [5, 5.41) is 0. The highest BCUT2D eigenvalue weighted by Crippen LogP contribution is 2.32. The van der Waals surface area contributed by atoms with Gasteiger partial charge in [-0.25, -0.2) is 0 Å². The van der Waals surface area contributed by atoms with Gasteiger partial charge in [0.25, 0.3) is 0 Å². The van der Waals surface area contributed by atoms with Gasteiger partial charge in [0.05, 0.1) is 6.04 Å². The molecule has 2 rings (SSSR count). The first-order valence-electron chi connectivity index (χ1n) is 6.87. The van der Waals surface area contributed by atoms with E-state index in [1.54, 1.807) is 0 Å². The molecule has 0 radical (unpaired) electrons. The molecule has 0 aromatic heterocycles. The molecule has 18 heavy (non-hydrogen) atoms. The first kappa shape index (κ1) is 12.9. The Labute approximate surface area is 109 Å². The van der Waals surface area contributed by atoms with Gasteiger partial charge in [-0.05, 0) is 37.0 Å². The SMILES string of the molecule is CCCCC(=O)N1CCCC1c1ccc(N)cc1. The molecule has 2 N–H and O–H groups in total. The Morgan fingerprint density at radius 1 is 1.39 bits per heavy atom. The number of amides is 1. The maximum Gasteiger partial charge on any atom is 0.223 e. The molecule has 0 spiro atoms. The molecule has 1 heterocycles. The highest BCUT2D eigenvalue weighted by molar-refractivity contribution is 5.77. The number of carbonyl (C=O) groups is 1. The Balaban J connectivity index is 2.07. The van der Waals surface area contributed by atoms with E-state index in [-0.39, 0.29) is 6.04 Å². The molecule has 3 heteroatoms. The third kappa shape index (κ3) is 2.84. The number of nitrogen functional groups attached to an aromatic ring is 1. The van der Waals surface area contributed by atoms with E-state index in [2.05, 4.69) is 6.92 Å². The molecule has 3 nitrogen and oxygen atoms in total. The molecule has 1 saturated heterocycles. The average Bonchev–Trinajstić information content (AvgIpc) is 2.86. The van der Waals surface area contributed by atoms with Gasteiger partial charge < -0.3 is 10.6 Å². The zero-order valence-electron chi connectivity index (χ0n) is 11.1. The van der Waals surface area contributed by atoms with Gasteiger partial charge in [0.15, 0.2) is 0 Å². The molecule has 1 aliphatic rings. The molecular formula is C15H22N2O. The zero-order chi connectivity index (χ0) is 13.0.